The lowest BCUT2D eigenvalue weighted by molar-refractivity contribution is 0.0678. The molecule has 2 aliphatic heterocycles. The van der Waals surface area contributed by atoms with Crippen molar-refractivity contribution in [1.82, 2.24) is 9.80 Å². The van der Waals surface area contributed by atoms with Crippen molar-refractivity contribution in [3.63, 3.8) is 0 Å². The van der Waals surface area contributed by atoms with E-state index < -0.39 is 135 Å². The van der Waals surface area contributed by atoms with Crippen LogP contribution in [-0.2, 0) is 0 Å². The van der Waals surface area contributed by atoms with Crippen molar-refractivity contribution in [2.24, 2.45) is 0 Å². The second-order valence-corrected chi connectivity index (χ2v) is 8.68. The lowest BCUT2D eigenvalue weighted by atomic mass is 9.96. The van der Waals surface area contributed by atoms with Gasteiger partial charge in [-0.25, -0.2) is 0 Å². The summed E-state index contributed by atoms with van der Waals surface area (Å²) in [7, 11) is 2.23. The van der Waals surface area contributed by atoms with Crippen LogP contribution in [0.25, 0.3) is 0 Å². The van der Waals surface area contributed by atoms with Gasteiger partial charge >= 0.3 is 0 Å². The van der Waals surface area contributed by atoms with Crippen LogP contribution in [0.3, 0.4) is 0 Å². The molecule has 2 aliphatic rings. The van der Waals surface area contributed by atoms with E-state index in [1.54, 1.807) is 0 Å². The standard InChI is InChI=1S/C19H12N2O5.C14H14O/c1-20-16(23)11-5-3-9(7-13(11)18(20)25)15(22)10-4-6-12-14(8-10)19(26)21(2)17(12)24;1-11-3-7-13(8-4-11)15-14-9-5-12(2)6-10-14/h3-8H,1-2H3;3-10H,1-2H3/i3D,4D,5D,6D,7D,8D;3D,4D,5D,6D,7D,8D,9D,10D. The molecule has 6 rings (SSSR count). The van der Waals surface area contributed by atoms with Gasteiger partial charge in [0.25, 0.3) is 23.6 Å². The number of ketones is 1. The molecule has 204 valence electrons. The summed E-state index contributed by atoms with van der Waals surface area (Å²) in [6.07, 6.45) is 0. The molecule has 41 heavy (non-hydrogen) atoms. The smallest absolute Gasteiger partial charge is 0.261 e. The molecule has 0 spiro atoms. The Bertz CT molecular complexity index is 2300. The van der Waals surface area contributed by atoms with Crippen LogP contribution in [-0.4, -0.2) is 53.3 Å². The van der Waals surface area contributed by atoms with Crippen molar-refractivity contribution >= 4 is 29.4 Å². The van der Waals surface area contributed by atoms with Gasteiger partial charge in [0.15, 0.2) is 5.78 Å². The fraction of sp³-hybridized carbons (Fsp3) is 0.121. The molecule has 0 N–H and O–H groups in total. The van der Waals surface area contributed by atoms with Crippen molar-refractivity contribution in [2.75, 3.05) is 14.1 Å². The van der Waals surface area contributed by atoms with Crippen molar-refractivity contribution in [2.45, 2.75) is 13.8 Å². The highest BCUT2D eigenvalue weighted by molar-refractivity contribution is 6.24. The van der Waals surface area contributed by atoms with Crippen LogP contribution in [0.1, 0.15) is 87.7 Å². The van der Waals surface area contributed by atoms with Crippen LogP contribution in [0.5, 0.6) is 11.5 Å². The molecule has 0 saturated carbocycles. The van der Waals surface area contributed by atoms with E-state index in [9.17, 15) is 24.0 Å². The largest absolute Gasteiger partial charge is 0.457 e. The number of ether oxygens (including phenoxy) is 1. The number of imide groups is 2. The van der Waals surface area contributed by atoms with Gasteiger partial charge in [-0.1, -0.05) is 47.4 Å². The van der Waals surface area contributed by atoms with E-state index in [1.807, 2.05) is 0 Å². The number of nitrogens with zero attached hydrogens (tertiary/aromatic N) is 2. The number of benzene rings is 4. The SMILES string of the molecule is [2H]c1c([2H])c(Oc2c([2H])c([2H])c(C)c([2H])c2[2H])c([2H])c([2H])c1C.[2H]c1c([2H])c2c(c([2H])c1C(=O)c1c([2H])c([2H])c3c(c1[2H])C(=O)N(C)C3=O)C(=O)N(C)C2=O. The first kappa shape index (κ1) is 14.9. The van der Waals surface area contributed by atoms with Gasteiger partial charge in [-0.05, 0) is 62.2 Å². The third-order valence-corrected chi connectivity index (χ3v) is 5.81. The average Bonchev–Trinajstić information content (AvgIpc) is 3.52. The van der Waals surface area contributed by atoms with Crippen LogP contribution < -0.4 is 4.74 Å². The monoisotopic (exact) mass is 560 g/mol. The summed E-state index contributed by atoms with van der Waals surface area (Å²) in [5, 5.41) is 0. The second kappa shape index (κ2) is 10.7. The molecule has 8 heteroatoms. The third-order valence-electron chi connectivity index (χ3n) is 5.81. The molecule has 2 heterocycles. The topological polar surface area (TPSA) is 101 Å². The molecule has 0 fully saturated rings. The number of hydrogen-bond acceptors (Lipinski definition) is 6. The summed E-state index contributed by atoms with van der Waals surface area (Å²) < 4.78 is 117. The van der Waals surface area contributed by atoms with Gasteiger partial charge in [0.05, 0.1) is 41.4 Å². The van der Waals surface area contributed by atoms with Gasteiger partial charge in [-0.15, -0.1) is 0 Å². The zero-order valence-electron chi connectivity index (χ0n) is 35.8. The van der Waals surface area contributed by atoms with Gasteiger partial charge in [0.1, 0.15) is 11.5 Å². The summed E-state index contributed by atoms with van der Waals surface area (Å²) in [4.78, 5) is 63.8. The fourth-order valence-corrected chi connectivity index (χ4v) is 3.59. The molecule has 4 aromatic carbocycles. The van der Waals surface area contributed by atoms with Crippen molar-refractivity contribution in [3.8, 4) is 11.5 Å². The maximum atomic E-state index is 13.3. The minimum absolute atomic E-state index is 0.163. The van der Waals surface area contributed by atoms with Crippen LogP contribution in [0.4, 0.5) is 0 Å². The molecule has 0 aromatic heterocycles. The average molecular weight is 561 g/mol. The number of hydrogen-bond donors (Lipinski definition) is 0. The Hall–Kier alpha value is -5.37. The van der Waals surface area contributed by atoms with Crippen molar-refractivity contribution in [1.29, 1.82) is 0 Å². The Balaban J connectivity index is 0.000000223. The molecular formula is C33H26N2O6. The highest BCUT2D eigenvalue weighted by atomic mass is 16.5. The molecule has 0 atom stereocenters. The number of carbonyl (C=O) groups excluding carboxylic acids is 5. The maximum Gasteiger partial charge on any atom is 0.261 e. The maximum absolute atomic E-state index is 13.3. The predicted octanol–water partition coefficient (Wildman–Crippen LogP) is 5.46. The first-order chi connectivity index (χ1) is 25.4. The van der Waals surface area contributed by atoms with Gasteiger partial charge in [-0.3, -0.25) is 33.8 Å². The van der Waals surface area contributed by atoms with E-state index in [1.165, 1.54) is 13.8 Å². The number of rotatable bonds is 4. The quantitative estimate of drug-likeness (QED) is 0.243. The summed E-state index contributed by atoms with van der Waals surface area (Å²) in [5.74, 6) is -5.87. The molecule has 0 bridgehead atoms. The van der Waals surface area contributed by atoms with E-state index >= 15 is 0 Å². The number of carbonyl (C=O) groups is 5. The van der Waals surface area contributed by atoms with Gasteiger partial charge in [0.2, 0.25) is 0 Å². The molecule has 4 amide bonds. The molecular weight excluding hydrogens is 520 g/mol. The molecule has 0 saturated heterocycles. The zero-order valence-corrected chi connectivity index (χ0v) is 21.8. The van der Waals surface area contributed by atoms with Gasteiger partial charge < -0.3 is 4.74 Å². The summed E-state index contributed by atoms with van der Waals surface area (Å²) in [6.45, 7) is 2.90. The van der Waals surface area contributed by atoms with Crippen LogP contribution in [0.2, 0.25) is 0 Å². The second-order valence-electron chi connectivity index (χ2n) is 8.68. The Morgan fingerprint density at radius 1 is 0.561 bits per heavy atom. The zero-order chi connectivity index (χ0) is 41.6. The summed E-state index contributed by atoms with van der Waals surface area (Å²) in [5.41, 5.74) is -3.44. The highest BCUT2D eigenvalue weighted by Crippen LogP contribution is 2.27. The lowest BCUT2D eigenvalue weighted by Crippen LogP contribution is -2.24. The minimum atomic E-state index is -1.31. The number of amides is 4. The molecule has 0 radical (unpaired) electrons. The molecule has 8 nitrogen and oxygen atoms in total. The normalized spacial score (nSPS) is 18.3. The van der Waals surface area contributed by atoms with Crippen LogP contribution in [0.15, 0.2) is 84.6 Å². The van der Waals surface area contributed by atoms with Gasteiger partial charge in [0, 0.05) is 25.2 Å². The lowest BCUT2D eigenvalue weighted by Gasteiger charge is -2.05. The van der Waals surface area contributed by atoms with E-state index in [0.29, 0.717) is 9.80 Å². The Kier molecular flexibility index (Phi) is 3.86. The van der Waals surface area contributed by atoms with E-state index in [0.717, 1.165) is 14.1 Å². The fourth-order valence-electron chi connectivity index (χ4n) is 3.59. The first-order valence-electron chi connectivity index (χ1n) is 18.7. The first-order valence-corrected chi connectivity index (χ1v) is 11.7. The van der Waals surface area contributed by atoms with E-state index in [2.05, 4.69) is 0 Å². The van der Waals surface area contributed by atoms with Crippen molar-refractivity contribution in [3.05, 3.63) is 129 Å². The third kappa shape index (κ3) is 5.15. The van der Waals surface area contributed by atoms with Crippen LogP contribution in [0, 0.1) is 13.8 Å². The summed E-state index contributed by atoms with van der Waals surface area (Å²) >= 11 is 0. The molecule has 0 aliphatic carbocycles. The predicted molar refractivity (Wildman–Crippen MR) is 152 cm³/mol. The van der Waals surface area contributed by atoms with E-state index in [-0.39, 0.29) is 35.3 Å². The van der Waals surface area contributed by atoms with E-state index in [4.69, 9.17) is 23.9 Å². The number of fused-ring (bicyclic) bond motifs is 2. The highest BCUT2D eigenvalue weighted by Gasteiger charge is 2.35. The van der Waals surface area contributed by atoms with Crippen molar-refractivity contribution < 1.29 is 47.9 Å². The summed E-state index contributed by atoms with van der Waals surface area (Å²) in [6, 6.07) is -7.79. The van der Waals surface area contributed by atoms with Crippen LogP contribution >= 0.6 is 0 Å². The Morgan fingerprint density at radius 2 is 0.902 bits per heavy atom. The molecule has 0 unspecified atom stereocenters. The Labute approximate surface area is 256 Å². The molecule has 4 aromatic rings. The van der Waals surface area contributed by atoms with Gasteiger partial charge in [-0.2, -0.15) is 0 Å². The Morgan fingerprint density at radius 3 is 1.27 bits per heavy atom. The minimum Gasteiger partial charge on any atom is -0.457 e.